The molecule has 0 amide bonds. The lowest BCUT2D eigenvalue weighted by Crippen LogP contribution is -2.11. The Kier molecular flexibility index (Phi) is 2.10. The standard InChI is InChI=1S/C8H5F3.H3N/c9-6-3-4-1-2-5(6)8(11)7(4)10;/h1-2,6H,3H2;1H3. The first-order valence-corrected chi connectivity index (χ1v) is 3.31. The average molecular weight is 175 g/mol. The molecule has 0 saturated heterocycles. The van der Waals surface area contributed by atoms with Gasteiger partial charge < -0.3 is 6.15 Å². The topological polar surface area (TPSA) is 35.0 Å². The van der Waals surface area contributed by atoms with Gasteiger partial charge in [0.05, 0.1) is 0 Å². The van der Waals surface area contributed by atoms with Gasteiger partial charge >= 0.3 is 0 Å². The maximum absolute atomic E-state index is 12.8. The van der Waals surface area contributed by atoms with E-state index in [0.717, 1.165) is 0 Å². The summed E-state index contributed by atoms with van der Waals surface area (Å²) in [5.74, 6) is -1.92. The van der Waals surface area contributed by atoms with Crippen molar-refractivity contribution in [2.45, 2.75) is 12.6 Å². The van der Waals surface area contributed by atoms with Gasteiger partial charge in [-0.1, -0.05) is 12.1 Å². The molecule has 66 valence electrons. The molecule has 1 nitrogen and oxygen atoms in total. The summed E-state index contributed by atoms with van der Waals surface area (Å²) in [7, 11) is 0. The number of alkyl halides is 1. The molecule has 0 aromatic heterocycles. The normalized spacial score (nSPS) is 19.1. The molecular weight excluding hydrogens is 167 g/mol. The van der Waals surface area contributed by atoms with Crippen LogP contribution in [0.15, 0.2) is 12.1 Å². The highest BCUT2D eigenvalue weighted by Crippen LogP contribution is 2.33. The van der Waals surface area contributed by atoms with Crippen LogP contribution in [-0.4, -0.2) is 0 Å². The Labute approximate surface area is 67.8 Å². The van der Waals surface area contributed by atoms with Gasteiger partial charge in [0, 0.05) is 12.0 Å². The summed E-state index contributed by atoms with van der Waals surface area (Å²) in [6.07, 6.45) is -1.38. The number of benzene rings is 1. The van der Waals surface area contributed by atoms with Gasteiger partial charge in [-0.15, -0.1) is 0 Å². The van der Waals surface area contributed by atoms with Crippen LogP contribution in [0.1, 0.15) is 17.3 Å². The van der Waals surface area contributed by atoms with Crippen molar-refractivity contribution in [2.75, 3.05) is 0 Å². The molecule has 0 fully saturated rings. The number of rotatable bonds is 0. The van der Waals surface area contributed by atoms with Gasteiger partial charge in [0.2, 0.25) is 0 Å². The zero-order valence-corrected chi connectivity index (χ0v) is 6.28. The summed E-state index contributed by atoms with van der Waals surface area (Å²) in [5, 5.41) is 0. The van der Waals surface area contributed by atoms with Crippen molar-refractivity contribution in [3.8, 4) is 0 Å². The maximum Gasteiger partial charge on any atom is 0.165 e. The summed E-state index contributed by atoms with van der Waals surface area (Å²) in [6.45, 7) is 0. The molecule has 12 heavy (non-hydrogen) atoms. The Bertz CT molecular complexity index is 311. The fourth-order valence-electron chi connectivity index (χ4n) is 1.31. The van der Waals surface area contributed by atoms with E-state index in [1.54, 1.807) is 0 Å². The van der Waals surface area contributed by atoms with Crippen LogP contribution in [0.3, 0.4) is 0 Å². The van der Waals surface area contributed by atoms with E-state index in [1.807, 2.05) is 0 Å². The van der Waals surface area contributed by atoms with Gasteiger partial charge in [-0.05, 0) is 5.56 Å². The minimum absolute atomic E-state index is 0. The molecule has 3 N–H and O–H groups in total. The summed E-state index contributed by atoms with van der Waals surface area (Å²) in [6, 6.07) is 2.71. The van der Waals surface area contributed by atoms with Crippen LogP contribution in [0.25, 0.3) is 0 Å². The predicted molar refractivity (Wildman–Crippen MR) is 38.9 cm³/mol. The van der Waals surface area contributed by atoms with Crippen molar-refractivity contribution < 1.29 is 13.2 Å². The largest absolute Gasteiger partial charge is 0.344 e. The van der Waals surface area contributed by atoms with E-state index >= 15 is 0 Å². The number of halogens is 3. The van der Waals surface area contributed by atoms with E-state index in [1.165, 1.54) is 12.1 Å². The molecule has 2 aliphatic carbocycles. The van der Waals surface area contributed by atoms with Crippen molar-refractivity contribution >= 4 is 0 Å². The van der Waals surface area contributed by atoms with Crippen LogP contribution in [0.2, 0.25) is 0 Å². The fraction of sp³-hybridized carbons (Fsp3) is 0.250. The molecule has 4 heteroatoms. The van der Waals surface area contributed by atoms with Gasteiger partial charge in [0.25, 0.3) is 0 Å². The monoisotopic (exact) mass is 175 g/mol. The van der Waals surface area contributed by atoms with E-state index in [4.69, 9.17) is 0 Å². The highest BCUT2D eigenvalue weighted by molar-refractivity contribution is 5.34. The summed E-state index contributed by atoms with van der Waals surface area (Å²) >= 11 is 0. The lowest BCUT2D eigenvalue weighted by atomic mass is 9.93. The summed E-state index contributed by atoms with van der Waals surface area (Å²) < 4.78 is 38.1. The molecular formula is C8H8F3N. The smallest absolute Gasteiger partial charge is 0.165 e. The van der Waals surface area contributed by atoms with Crippen LogP contribution >= 0.6 is 0 Å². The zero-order valence-electron chi connectivity index (χ0n) is 6.28. The highest BCUT2D eigenvalue weighted by Gasteiger charge is 2.27. The zero-order chi connectivity index (χ0) is 8.01. The molecule has 3 rings (SSSR count). The third kappa shape index (κ3) is 0.992. The Morgan fingerprint density at radius 1 is 1.17 bits per heavy atom. The second kappa shape index (κ2) is 2.79. The van der Waals surface area contributed by atoms with Crippen LogP contribution in [0.4, 0.5) is 13.2 Å². The van der Waals surface area contributed by atoms with E-state index in [-0.39, 0.29) is 23.7 Å². The number of fused-ring (bicyclic) bond motifs is 3. The van der Waals surface area contributed by atoms with Gasteiger partial charge in [-0.2, -0.15) is 0 Å². The Hall–Kier alpha value is -1.03. The fourth-order valence-corrected chi connectivity index (χ4v) is 1.31. The second-order valence-corrected chi connectivity index (χ2v) is 2.61. The lowest BCUT2D eigenvalue weighted by Gasteiger charge is -2.18. The van der Waals surface area contributed by atoms with Crippen LogP contribution < -0.4 is 6.15 Å². The molecule has 0 spiro atoms. The van der Waals surface area contributed by atoms with Crippen molar-refractivity contribution in [1.29, 1.82) is 0 Å². The summed E-state index contributed by atoms with van der Waals surface area (Å²) in [4.78, 5) is 0. The van der Waals surface area contributed by atoms with E-state index in [9.17, 15) is 13.2 Å². The Morgan fingerprint density at radius 3 is 2.25 bits per heavy atom. The molecule has 2 aliphatic rings. The predicted octanol–water partition coefficient (Wildman–Crippen LogP) is 2.69. The van der Waals surface area contributed by atoms with Crippen molar-refractivity contribution in [1.82, 2.24) is 6.15 Å². The first-order valence-electron chi connectivity index (χ1n) is 3.31. The van der Waals surface area contributed by atoms with E-state index in [2.05, 4.69) is 0 Å². The maximum atomic E-state index is 12.8. The molecule has 1 unspecified atom stereocenters. The molecule has 1 aromatic rings. The average Bonchev–Trinajstić information content (AvgIpc) is 1.99. The first kappa shape index (κ1) is 9.06. The van der Waals surface area contributed by atoms with Crippen LogP contribution in [0, 0.1) is 11.6 Å². The van der Waals surface area contributed by atoms with Crippen LogP contribution in [0.5, 0.6) is 0 Å². The SMILES string of the molecule is Fc1c2ccc(c1F)C(F)C2.N. The van der Waals surface area contributed by atoms with Gasteiger partial charge in [0.15, 0.2) is 11.6 Å². The quantitative estimate of drug-likeness (QED) is 0.646. The highest BCUT2D eigenvalue weighted by atomic mass is 19.2. The second-order valence-electron chi connectivity index (χ2n) is 2.61. The van der Waals surface area contributed by atoms with E-state index < -0.39 is 17.8 Å². The van der Waals surface area contributed by atoms with Gasteiger partial charge in [-0.3, -0.25) is 0 Å². The summed E-state index contributed by atoms with van der Waals surface area (Å²) in [5.41, 5.74) is -0.0255. The third-order valence-corrected chi connectivity index (χ3v) is 1.93. The van der Waals surface area contributed by atoms with Crippen molar-refractivity contribution in [3.05, 3.63) is 34.9 Å². The number of hydrogen-bond donors (Lipinski definition) is 1. The lowest BCUT2D eigenvalue weighted by molar-refractivity contribution is 0.305. The minimum atomic E-state index is -1.35. The Morgan fingerprint density at radius 2 is 1.83 bits per heavy atom. The molecule has 0 saturated carbocycles. The Balaban J connectivity index is 0.000000720. The van der Waals surface area contributed by atoms with E-state index in [0.29, 0.717) is 0 Å². The molecule has 1 aromatic carbocycles. The molecule has 2 bridgehead atoms. The molecule has 0 aliphatic heterocycles. The van der Waals surface area contributed by atoms with Gasteiger partial charge in [0.1, 0.15) is 6.17 Å². The molecule has 0 radical (unpaired) electrons. The van der Waals surface area contributed by atoms with Crippen molar-refractivity contribution in [2.24, 2.45) is 0 Å². The van der Waals surface area contributed by atoms with Gasteiger partial charge in [-0.25, -0.2) is 13.2 Å². The number of hydrogen-bond acceptors (Lipinski definition) is 1. The minimum Gasteiger partial charge on any atom is -0.344 e. The van der Waals surface area contributed by atoms with Crippen LogP contribution in [-0.2, 0) is 6.42 Å². The third-order valence-electron chi connectivity index (χ3n) is 1.93. The molecule has 0 heterocycles. The van der Waals surface area contributed by atoms with Crippen molar-refractivity contribution in [3.63, 3.8) is 0 Å². The first-order chi connectivity index (χ1) is 5.20. The molecule has 1 atom stereocenters.